The number of thioether (sulfide) groups is 1. The zero-order valence-corrected chi connectivity index (χ0v) is 18.0. The van der Waals surface area contributed by atoms with Crippen LogP contribution < -0.4 is 10.1 Å². The highest BCUT2D eigenvalue weighted by atomic mass is 35.5. The van der Waals surface area contributed by atoms with E-state index in [0.29, 0.717) is 18.2 Å². The molecule has 1 amide bonds. The Morgan fingerprint density at radius 2 is 1.82 bits per heavy atom. The van der Waals surface area contributed by atoms with Crippen molar-refractivity contribution in [2.24, 2.45) is 0 Å². The fraction of sp³-hybridized carbons (Fsp3) is 0.435. The van der Waals surface area contributed by atoms with Gasteiger partial charge in [0, 0.05) is 32.8 Å². The SMILES string of the molecule is CCOc1ccc(C(=O)NC2CCCCCC2)cc1CSc1ccc(Cl)cc1. The Labute approximate surface area is 177 Å². The fourth-order valence-electron chi connectivity index (χ4n) is 3.51. The predicted molar refractivity (Wildman–Crippen MR) is 118 cm³/mol. The molecule has 1 fully saturated rings. The minimum Gasteiger partial charge on any atom is -0.494 e. The lowest BCUT2D eigenvalue weighted by atomic mass is 10.1. The summed E-state index contributed by atoms with van der Waals surface area (Å²) in [6.45, 7) is 2.58. The number of benzene rings is 2. The summed E-state index contributed by atoms with van der Waals surface area (Å²) >= 11 is 7.68. The van der Waals surface area contributed by atoms with E-state index in [4.69, 9.17) is 16.3 Å². The number of rotatable bonds is 7. The molecule has 2 aromatic rings. The third-order valence-corrected chi connectivity index (χ3v) is 6.33. The summed E-state index contributed by atoms with van der Waals surface area (Å²) in [4.78, 5) is 13.9. The molecule has 3 rings (SSSR count). The quantitative estimate of drug-likeness (QED) is 0.413. The minimum atomic E-state index is 0.0210. The lowest BCUT2D eigenvalue weighted by Crippen LogP contribution is -2.34. The van der Waals surface area contributed by atoms with Crippen LogP contribution in [-0.4, -0.2) is 18.6 Å². The van der Waals surface area contributed by atoms with Gasteiger partial charge in [-0.15, -0.1) is 11.8 Å². The van der Waals surface area contributed by atoms with Gasteiger partial charge in [-0.05, 0) is 62.2 Å². The molecule has 0 aromatic heterocycles. The van der Waals surface area contributed by atoms with Crippen LogP contribution in [0.15, 0.2) is 47.4 Å². The van der Waals surface area contributed by atoms with Crippen LogP contribution >= 0.6 is 23.4 Å². The Morgan fingerprint density at radius 1 is 1.11 bits per heavy atom. The zero-order chi connectivity index (χ0) is 19.8. The smallest absolute Gasteiger partial charge is 0.251 e. The minimum absolute atomic E-state index is 0.0210. The van der Waals surface area contributed by atoms with Gasteiger partial charge in [-0.2, -0.15) is 0 Å². The summed E-state index contributed by atoms with van der Waals surface area (Å²) in [7, 11) is 0. The van der Waals surface area contributed by atoms with E-state index in [2.05, 4.69) is 5.32 Å². The van der Waals surface area contributed by atoms with Gasteiger partial charge >= 0.3 is 0 Å². The standard InChI is InChI=1S/C23H28ClNO2S/c1-2-27-22-14-9-17(23(26)25-20-7-5-3-4-6-8-20)15-18(22)16-28-21-12-10-19(24)11-13-21/h9-15,20H,2-8,16H2,1H3,(H,25,26). The maximum atomic E-state index is 12.8. The van der Waals surface area contributed by atoms with E-state index in [9.17, 15) is 4.79 Å². The number of hydrogen-bond donors (Lipinski definition) is 1. The summed E-state index contributed by atoms with van der Waals surface area (Å²) in [6, 6.07) is 13.9. The van der Waals surface area contributed by atoms with Crippen molar-refractivity contribution >= 4 is 29.3 Å². The van der Waals surface area contributed by atoms with Crippen LogP contribution in [0.3, 0.4) is 0 Å². The number of halogens is 1. The summed E-state index contributed by atoms with van der Waals surface area (Å²) < 4.78 is 5.78. The average Bonchev–Trinajstić information content (AvgIpc) is 2.97. The van der Waals surface area contributed by atoms with Crippen LogP contribution in [0.4, 0.5) is 0 Å². The van der Waals surface area contributed by atoms with Gasteiger partial charge < -0.3 is 10.1 Å². The summed E-state index contributed by atoms with van der Waals surface area (Å²) in [5.41, 5.74) is 1.75. The largest absolute Gasteiger partial charge is 0.494 e. The van der Waals surface area contributed by atoms with Crippen molar-refractivity contribution in [2.45, 2.75) is 62.1 Å². The van der Waals surface area contributed by atoms with Gasteiger partial charge in [-0.3, -0.25) is 4.79 Å². The van der Waals surface area contributed by atoms with Crippen molar-refractivity contribution < 1.29 is 9.53 Å². The molecule has 3 nitrogen and oxygen atoms in total. The highest BCUT2D eigenvalue weighted by molar-refractivity contribution is 7.98. The van der Waals surface area contributed by atoms with E-state index >= 15 is 0 Å². The molecule has 0 radical (unpaired) electrons. The van der Waals surface area contributed by atoms with Crippen molar-refractivity contribution in [2.75, 3.05) is 6.61 Å². The van der Waals surface area contributed by atoms with Crippen molar-refractivity contribution in [1.82, 2.24) is 5.32 Å². The molecule has 0 bridgehead atoms. The van der Waals surface area contributed by atoms with Gasteiger partial charge in [-0.25, -0.2) is 0 Å². The number of amides is 1. The Morgan fingerprint density at radius 3 is 2.50 bits per heavy atom. The molecule has 28 heavy (non-hydrogen) atoms. The first-order valence-corrected chi connectivity index (χ1v) is 11.5. The molecule has 1 saturated carbocycles. The van der Waals surface area contributed by atoms with Gasteiger partial charge in [0.25, 0.3) is 5.91 Å². The highest BCUT2D eigenvalue weighted by Crippen LogP contribution is 2.30. The molecule has 1 N–H and O–H groups in total. The summed E-state index contributed by atoms with van der Waals surface area (Å²) in [5, 5.41) is 3.97. The van der Waals surface area contributed by atoms with E-state index < -0.39 is 0 Å². The molecule has 0 saturated heterocycles. The summed E-state index contributed by atoms with van der Waals surface area (Å²) in [6.07, 6.45) is 7.14. The van der Waals surface area contributed by atoms with Gasteiger partial charge in [0.2, 0.25) is 0 Å². The van der Waals surface area contributed by atoms with Crippen molar-refractivity contribution in [1.29, 1.82) is 0 Å². The number of carbonyl (C=O) groups is 1. The predicted octanol–water partition coefficient (Wildman–Crippen LogP) is 6.48. The molecule has 0 aliphatic heterocycles. The molecule has 2 aromatic carbocycles. The first-order valence-electron chi connectivity index (χ1n) is 10.1. The lowest BCUT2D eigenvalue weighted by molar-refractivity contribution is 0.0933. The highest BCUT2D eigenvalue weighted by Gasteiger charge is 2.17. The molecule has 0 spiro atoms. The number of ether oxygens (including phenoxy) is 1. The van der Waals surface area contributed by atoms with Gasteiger partial charge in [0.15, 0.2) is 0 Å². The molecule has 0 heterocycles. The normalized spacial score (nSPS) is 15.1. The van der Waals surface area contributed by atoms with Crippen LogP contribution in [0.25, 0.3) is 0 Å². The first-order chi connectivity index (χ1) is 13.7. The van der Waals surface area contributed by atoms with Gasteiger partial charge in [0.1, 0.15) is 5.75 Å². The third kappa shape index (κ3) is 6.18. The molecule has 1 aliphatic rings. The monoisotopic (exact) mass is 417 g/mol. The van der Waals surface area contributed by atoms with Crippen molar-refractivity contribution in [3.63, 3.8) is 0 Å². The van der Waals surface area contributed by atoms with Crippen LogP contribution in [0.1, 0.15) is 61.4 Å². The molecule has 0 unspecified atom stereocenters. The Kier molecular flexibility index (Phi) is 8.11. The average molecular weight is 418 g/mol. The van der Waals surface area contributed by atoms with E-state index in [0.717, 1.165) is 39.8 Å². The number of carbonyl (C=O) groups excluding carboxylic acids is 1. The third-order valence-electron chi connectivity index (χ3n) is 5.02. The Balaban J connectivity index is 1.70. The maximum absolute atomic E-state index is 12.8. The van der Waals surface area contributed by atoms with Crippen molar-refractivity contribution in [3.8, 4) is 5.75 Å². The Hall–Kier alpha value is -1.65. The number of hydrogen-bond acceptors (Lipinski definition) is 3. The van der Waals surface area contributed by atoms with Crippen LogP contribution in [-0.2, 0) is 5.75 Å². The van der Waals surface area contributed by atoms with E-state index in [1.54, 1.807) is 11.8 Å². The van der Waals surface area contributed by atoms with Gasteiger partial charge in [-0.1, -0.05) is 37.3 Å². The van der Waals surface area contributed by atoms with Crippen LogP contribution in [0.2, 0.25) is 5.02 Å². The molecular formula is C23H28ClNO2S. The van der Waals surface area contributed by atoms with Gasteiger partial charge in [0.05, 0.1) is 6.61 Å². The van der Waals surface area contributed by atoms with Crippen LogP contribution in [0, 0.1) is 0 Å². The first kappa shape index (κ1) is 21.1. The zero-order valence-electron chi connectivity index (χ0n) is 16.4. The molecule has 1 aliphatic carbocycles. The second kappa shape index (κ2) is 10.8. The fourth-order valence-corrected chi connectivity index (χ4v) is 4.52. The van der Waals surface area contributed by atoms with E-state index in [-0.39, 0.29) is 5.91 Å². The molecule has 0 atom stereocenters. The molecular weight excluding hydrogens is 390 g/mol. The Bertz CT molecular complexity index is 771. The second-order valence-electron chi connectivity index (χ2n) is 7.16. The lowest BCUT2D eigenvalue weighted by Gasteiger charge is -2.17. The van der Waals surface area contributed by atoms with Crippen LogP contribution in [0.5, 0.6) is 5.75 Å². The topological polar surface area (TPSA) is 38.3 Å². The summed E-state index contributed by atoms with van der Waals surface area (Å²) in [5.74, 6) is 1.60. The molecule has 150 valence electrons. The van der Waals surface area contributed by atoms with E-state index in [1.807, 2.05) is 49.4 Å². The van der Waals surface area contributed by atoms with Crippen molar-refractivity contribution in [3.05, 3.63) is 58.6 Å². The molecule has 5 heteroatoms. The maximum Gasteiger partial charge on any atom is 0.251 e. The van der Waals surface area contributed by atoms with E-state index in [1.165, 1.54) is 25.7 Å². The number of nitrogens with one attached hydrogen (secondary N) is 1. The second-order valence-corrected chi connectivity index (χ2v) is 8.65.